The average Bonchev–Trinajstić information content (AvgIpc) is 2.91. The van der Waals surface area contributed by atoms with Crippen molar-refractivity contribution >= 4 is 11.9 Å². The standard InChI is InChI=1S/C34H43NO5/c1-23(2)35(24(3)4)20-19-29(26-11-9-8-10-12-26)30-21-25(22-36)13-18-31(30)40-32(37)27-14-16-28(17-15-27)39-33(38)34(5,6)7/h8-18,21,23-24,29,36H,19-20,22H2,1-7H3/t29-/m1/s1. The topological polar surface area (TPSA) is 76.1 Å². The minimum atomic E-state index is -0.634. The third-order valence-corrected chi connectivity index (χ3v) is 6.95. The van der Waals surface area contributed by atoms with Gasteiger partial charge in [-0.25, -0.2) is 4.79 Å². The van der Waals surface area contributed by atoms with Gasteiger partial charge in [0.2, 0.25) is 0 Å². The lowest BCUT2D eigenvalue weighted by Gasteiger charge is -2.32. The molecule has 0 aromatic heterocycles. The number of hydrogen-bond donors (Lipinski definition) is 1. The maximum absolute atomic E-state index is 13.2. The highest BCUT2D eigenvalue weighted by Gasteiger charge is 2.25. The van der Waals surface area contributed by atoms with E-state index in [1.165, 1.54) is 0 Å². The fourth-order valence-corrected chi connectivity index (χ4v) is 4.72. The van der Waals surface area contributed by atoms with Crippen molar-refractivity contribution in [3.05, 3.63) is 95.1 Å². The number of carbonyl (C=O) groups excluding carboxylic acids is 2. The van der Waals surface area contributed by atoms with Crippen molar-refractivity contribution in [2.75, 3.05) is 6.54 Å². The van der Waals surface area contributed by atoms with Crippen LogP contribution in [0.15, 0.2) is 72.8 Å². The fraction of sp³-hybridized carbons (Fsp3) is 0.412. The molecule has 6 heteroatoms. The van der Waals surface area contributed by atoms with E-state index in [0.717, 1.165) is 29.7 Å². The molecule has 0 saturated heterocycles. The summed E-state index contributed by atoms with van der Waals surface area (Å²) in [5.74, 6) is -0.0792. The van der Waals surface area contributed by atoms with E-state index in [-0.39, 0.29) is 18.5 Å². The molecule has 3 rings (SSSR count). The van der Waals surface area contributed by atoms with Crippen LogP contribution in [0.25, 0.3) is 0 Å². The molecule has 3 aromatic carbocycles. The first kappa shape index (κ1) is 31.1. The maximum atomic E-state index is 13.2. The van der Waals surface area contributed by atoms with Gasteiger partial charge in [0.05, 0.1) is 17.6 Å². The Balaban J connectivity index is 1.91. The van der Waals surface area contributed by atoms with Crippen molar-refractivity contribution < 1.29 is 24.2 Å². The zero-order valence-corrected chi connectivity index (χ0v) is 24.8. The molecule has 1 N–H and O–H groups in total. The smallest absolute Gasteiger partial charge is 0.343 e. The summed E-state index contributed by atoms with van der Waals surface area (Å²) in [7, 11) is 0. The Kier molecular flexibility index (Phi) is 10.7. The Bertz CT molecular complexity index is 1250. The number of ether oxygens (including phenoxy) is 2. The molecule has 0 unspecified atom stereocenters. The molecule has 0 aliphatic rings. The van der Waals surface area contributed by atoms with Gasteiger partial charge in [0.15, 0.2) is 0 Å². The highest BCUT2D eigenvalue weighted by Crippen LogP contribution is 2.36. The van der Waals surface area contributed by atoms with Crippen LogP contribution < -0.4 is 9.47 Å². The minimum absolute atomic E-state index is 0.0466. The highest BCUT2D eigenvalue weighted by molar-refractivity contribution is 5.91. The van der Waals surface area contributed by atoms with E-state index in [4.69, 9.17) is 9.47 Å². The van der Waals surface area contributed by atoms with Crippen molar-refractivity contribution in [1.82, 2.24) is 4.90 Å². The number of hydrogen-bond acceptors (Lipinski definition) is 6. The number of aliphatic hydroxyl groups excluding tert-OH is 1. The van der Waals surface area contributed by atoms with Crippen LogP contribution in [0.3, 0.4) is 0 Å². The van der Waals surface area contributed by atoms with Gasteiger partial charge in [-0.15, -0.1) is 0 Å². The third-order valence-electron chi connectivity index (χ3n) is 6.95. The molecule has 214 valence electrons. The molecule has 0 spiro atoms. The van der Waals surface area contributed by atoms with Gasteiger partial charge in [0, 0.05) is 23.6 Å². The molecule has 0 heterocycles. The zero-order chi connectivity index (χ0) is 29.4. The molecule has 0 amide bonds. The van der Waals surface area contributed by atoms with E-state index in [1.54, 1.807) is 57.2 Å². The average molecular weight is 546 g/mol. The lowest BCUT2D eigenvalue weighted by molar-refractivity contribution is -0.143. The van der Waals surface area contributed by atoms with E-state index in [0.29, 0.717) is 29.1 Å². The van der Waals surface area contributed by atoms with E-state index in [9.17, 15) is 14.7 Å². The molecule has 40 heavy (non-hydrogen) atoms. The fourth-order valence-electron chi connectivity index (χ4n) is 4.72. The Hall–Kier alpha value is -3.48. The van der Waals surface area contributed by atoms with Gasteiger partial charge in [-0.2, -0.15) is 0 Å². The van der Waals surface area contributed by atoms with Crippen LogP contribution in [-0.4, -0.2) is 40.6 Å². The van der Waals surface area contributed by atoms with Crippen molar-refractivity contribution in [3.63, 3.8) is 0 Å². The summed E-state index contributed by atoms with van der Waals surface area (Å²) in [5, 5.41) is 9.92. The molecule has 1 atom stereocenters. The zero-order valence-electron chi connectivity index (χ0n) is 24.8. The molecule has 3 aromatic rings. The molecule has 0 radical (unpaired) electrons. The maximum Gasteiger partial charge on any atom is 0.343 e. The van der Waals surface area contributed by atoms with Crippen molar-refractivity contribution in [3.8, 4) is 11.5 Å². The van der Waals surface area contributed by atoms with Crippen LogP contribution in [0.5, 0.6) is 11.5 Å². The Morgan fingerprint density at radius 1 is 0.850 bits per heavy atom. The lowest BCUT2D eigenvalue weighted by Crippen LogP contribution is -2.38. The second kappa shape index (κ2) is 13.7. The van der Waals surface area contributed by atoms with E-state index in [1.807, 2.05) is 24.3 Å². The number of esters is 2. The van der Waals surface area contributed by atoms with Gasteiger partial charge in [0.1, 0.15) is 11.5 Å². The van der Waals surface area contributed by atoms with Crippen LogP contribution in [0.2, 0.25) is 0 Å². The minimum Gasteiger partial charge on any atom is -0.426 e. The normalized spacial score (nSPS) is 12.6. The van der Waals surface area contributed by atoms with Gasteiger partial charge >= 0.3 is 11.9 Å². The number of nitrogens with zero attached hydrogens (tertiary/aromatic N) is 1. The first-order chi connectivity index (χ1) is 18.9. The molecule has 0 bridgehead atoms. The van der Waals surface area contributed by atoms with Crippen molar-refractivity contribution in [1.29, 1.82) is 0 Å². The Labute approximate surface area is 238 Å². The molecule has 0 aliphatic heterocycles. The van der Waals surface area contributed by atoms with E-state index < -0.39 is 11.4 Å². The molecule has 0 aliphatic carbocycles. The van der Waals surface area contributed by atoms with E-state index in [2.05, 4.69) is 44.7 Å². The number of rotatable bonds is 11. The molecule has 0 fully saturated rings. The number of carbonyl (C=O) groups is 2. The predicted octanol–water partition coefficient (Wildman–Crippen LogP) is 6.99. The van der Waals surface area contributed by atoms with Gasteiger partial charge in [-0.3, -0.25) is 9.69 Å². The van der Waals surface area contributed by atoms with Crippen LogP contribution in [0.4, 0.5) is 0 Å². The summed E-state index contributed by atoms with van der Waals surface area (Å²) >= 11 is 0. The van der Waals surface area contributed by atoms with Crippen LogP contribution in [0, 0.1) is 5.41 Å². The molecular formula is C34H43NO5. The van der Waals surface area contributed by atoms with Crippen molar-refractivity contribution in [2.45, 2.75) is 79.5 Å². The lowest BCUT2D eigenvalue weighted by atomic mass is 9.86. The van der Waals surface area contributed by atoms with Gasteiger partial charge in [0.25, 0.3) is 0 Å². The van der Waals surface area contributed by atoms with Gasteiger partial charge < -0.3 is 14.6 Å². The summed E-state index contributed by atoms with van der Waals surface area (Å²) < 4.78 is 11.4. The number of benzene rings is 3. The molecule has 0 saturated carbocycles. The Morgan fingerprint density at radius 3 is 2.02 bits per heavy atom. The highest BCUT2D eigenvalue weighted by atomic mass is 16.5. The largest absolute Gasteiger partial charge is 0.426 e. The van der Waals surface area contributed by atoms with Gasteiger partial charge in [-0.1, -0.05) is 36.4 Å². The summed E-state index contributed by atoms with van der Waals surface area (Å²) in [4.78, 5) is 27.9. The van der Waals surface area contributed by atoms with Gasteiger partial charge in [-0.05, 0) is 109 Å². The monoisotopic (exact) mass is 545 g/mol. The second-order valence-electron chi connectivity index (χ2n) is 11.8. The predicted molar refractivity (Wildman–Crippen MR) is 159 cm³/mol. The summed E-state index contributed by atoms with van der Waals surface area (Å²) in [6.07, 6.45) is 0.813. The van der Waals surface area contributed by atoms with Crippen molar-refractivity contribution in [2.24, 2.45) is 5.41 Å². The van der Waals surface area contributed by atoms with Crippen LogP contribution in [0.1, 0.15) is 87.9 Å². The first-order valence-electron chi connectivity index (χ1n) is 14.0. The molecular weight excluding hydrogens is 502 g/mol. The first-order valence-corrected chi connectivity index (χ1v) is 14.0. The third kappa shape index (κ3) is 8.26. The SMILES string of the molecule is CC(C)N(CC[C@H](c1ccccc1)c1cc(CO)ccc1OC(=O)c1ccc(OC(=O)C(C)(C)C)cc1)C(C)C. The second-order valence-corrected chi connectivity index (χ2v) is 11.8. The summed E-state index contributed by atoms with van der Waals surface area (Å²) in [6, 6.07) is 22.8. The van der Waals surface area contributed by atoms with Crippen LogP contribution in [-0.2, 0) is 11.4 Å². The number of aliphatic hydroxyl groups is 1. The Morgan fingerprint density at radius 2 is 1.48 bits per heavy atom. The quantitative estimate of drug-likeness (QED) is 0.207. The van der Waals surface area contributed by atoms with E-state index >= 15 is 0 Å². The summed E-state index contributed by atoms with van der Waals surface area (Å²) in [6.45, 7) is 14.9. The summed E-state index contributed by atoms with van der Waals surface area (Å²) in [5.41, 5.74) is 2.44. The molecule has 6 nitrogen and oxygen atoms in total. The van der Waals surface area contributed by atoms with Crippen LogP contribution >= 0.6 is 0 Å².